The number of hydrogen-bond donors (Lipinski definition) is 2. The second-order valence-corrected chi connectivity index (χ2v) is 9.34. The van der Waals surface area contributed by atoms with E-state index in [1.165, 1.54) is 23.1 Å². The number of amides is 2. The lowest BCUT2D eigenvalue weighted by Gasteiger charge is -2.33. The van der Waals surface area contributed by atoms with Gasteiger partial charge in [0.25, 0.3) is 5.91 Å². The van der Waals surface area contributed by atoms with Gasteiger partial charge in [-0.15, -0.1) is 0 Å². The summed E-state index contributed by atoms with van der Waals surface area (Å²) < 4.78 is 29.7. The lowest BCUT2D eigenvalue weighted by atomic mass is 9.81. The van der Waals surface area contributed by atoms with E-state index in [9.17, 15) is 23.6 Å². The molecular weight excluding hydrogens is 468 g/mol. The maximum Gasteiger partial charge on any atom is 0.270 e. The van der Waals surface area contributed by atoms with Crippen LogP contribution in [0.25, 0.3) is 11.1 Å². The van der Waals surface area contributed by atoms with Gasteiger partial charge < -0.3 is 15.8 Å². The highest BCUT2D eigenvalue weighted by Gasteiger charge is 2.40. The summed E-state index contributed by atoms with van der Waals surface area (Å²) in [6.45, 7) is 3.66. The van der Waals surface area contributed by atoms with Crippen LogP contribution in [0.2, 0.25) is 0 Å². The first-order valence-corrected chi connectivity index (χ1v) is 11.8. The number of hydrogen-bond acceptors (Lipinski definition) is 4. The summed E-state index contributed by atoms with van der Waals surface area (Å²) in [6, 6.07) is 9.31. The molecule has 1 aromatic carbocycles. The molecule has 0 bridgehead atoms. The molecule has 0 saturated heterocycles. The molecule has 1 fully saturated rings. The summed E-state index contributed by atoms with van der Waals surface area (Å²) >= 11 is 0. The van der Waals surface area contributed by atoms with Crippen LogP contribution in [0.1, 0.15) is 47.4 Å². The molecule has 190 valence electrons. The lowest BCUT2D eigenvalue weighted by molar-refractivity contribution is -0.611. The number of carbonyl (C=O) groups is 2. The maximum absolute atomic E-state index is 13.8. The smallest absolute Gasteiger partial charge is 0.270 e. The fourth-order valence-corrected chi connectivity index (χ4v) is 4.75. The van der Waals surface area contributed by atoms with E-state index < -0.39 is 29.7 Å². The number of aromatic nitrogens is 3. The van der Waals surface area contributed by atoms with Gasteiger partial charge in [0, 0.05) is 44.8 Å². The highest BCUT2D eigenvalue weighted by Crippen LogP contribution is 2.38. The lowest BCUT2D eigenvalue weighted by Crippen LogP contribution is -2.50. The molecular formula is C26H29F2N5O3. The Morgan fingerprint density at radius 3 is 2.42 bits per heavy atom. The summed E-state index contributed by atoms with van der Waals surface area (Å²) in [5.74, 6) is -4.15. The van der Waals surface area contributed by atoms with Crippen LogP contribution in [0.3, 0.4) is 0 Å². The number of carbonyl (C=O) groups excluding carboxylic acids is 2. The normalized spacial score (nSPS) is 16.4. The standard InChI is InChI=1S/C26H29F2N5O3/c1-16-11-15-33(36)17(2)22(16)18-4-6-20(7-5-18)30-25(35)23(19-8-12-26(27,28)13-9-19)31-24(34)21-10-14-29-32(21)3/h4-7,10-11,14-15,19,23H,8-9,12-13H2,1-3H3,(H,30,35)(H,31,34)/t23-/m0/s1. The van der Waals surface area contributed by atoms with Gasteiger partial charge in [0.05, 0.1) is 5.56 Å². The van der Waals surface area contributed by atoms with Crippen LogP contribution in [0.15, 0.2) is 48.8 Å². The molecule has 3 aromatic rings. The molecule has 10 heteroatoms. The molecule has 1 aliphatic carbocycles. The Hall–Kier alpha value is -3.82. The minimum absolute atomic E-state index is 0.122. The molecule has 0 unspecified atom stereocenters. The van der Waals surface area contributed by atoms with E-state index in [2.05, 4.69) is 15.7 Å². The monoisotopic (exact) mass is 497 g/mol. The number of benzene rings is 1. The Kier molecular flexibility index (Phi) is 7.05. The number of nitrogens with one attached hydrogen (secondary N) is 2. The zero-order chi connectivity index (χ0) is 26.0. The summed E-state index contributed by atoms with van der Waals surface area (Å²) in [5, 5.41) is 21.5. The van der Waals surface area contributed by atoms with E-state index in [0.29, 0.717) is 11.4 Å². The van der Waals surface area contributed by atoms with Crippen LogP contribution >= 0.6 is 0 Å². The molecule has 2 aromatic heterocycles. The molecule has 2 amide bonds. The van der Waals surface area contributed by atoms with Gasteiger partial charge in [0.1, 0.15) is 11.7 Å². The molecule has 1 atom stereocenters. The van der Waals surface area contributed by atoms with Crippen LogP contribution in [0.4, 0.5) is 14.5 Å². The largest absolute Gasteiger partial charge is 0.618 e. The van der Waals surface area contributed by atoms with Gasteiger partial charge >= 0.3 is 0 Å². The Morgan fingerprint density at radius 1 is 1.14 bits per heavy atom. The average molecular weight is 498 g/mol. The van der Waals surface area contributed by atoms with Gasteiger partial charge in [-0.2, -0.15) is 9.83 Å². The van der Waals surface area contributed by atoms with Crippen molar-refractivity contribution in [3.8, 4) is 11.1 Å². The number of rotatable bonds is 6. The van der Waals surface area contributed by atoms with Crippen molar-refractivity contribution in [3.63, 3.8) is 0 Å². The van der Waals surface area contributed by atoms with E-state index in [1.54, 1.807) is 44.3 Å². The fourth-order valence-electron chi connectivity index (χ4n) is 4.75. The van der Waals surface area contributed by atoms with Crippen molar-refractivity contribution in [3.05, 3.63) is 71.0 Å². The Bertz CT molecular complexity index is 1260. The van der Waals surface area contributed by atoms with Crippen molar-refractivity contribution in [1.82, 2.24) is 15.1 Å². The molecule has 4 rings (SSSR count). The zero-order valence-corrected chi connectivity index (χ0v) is 20.4. The summed E-state index contributed by atoms with van der Waals surface area (Å²) in [6.07, 6.45) is 2.52. The number of anilines is 1. The Labute approximate surface area is 207 Å². The third kappa shape index (κ3) is 5.37. The van der Waals surface area contributed by atoms with Crippen molar-refractivity contribution in [2.75, 3.05) is 5.32 Å². The summed E-state index contributed by atoms with van der Waals surface area (Å²) in [7, 11) is 1.61. The number of pyridine rings is 1. The minimum atomic E-state index is -2.75. The van der Waals surface area contributed by atoms with Crippen molar-refractivity contribution < 1.29 is 23.1 Å². The topological polar surface area (TPSA) is 103 Å². The number of halogens is 2. The van der Waals surface area contributed by atoms with Crippen LogP contribution in [-0.2, 0) is 11.8 Å². The van der Waals surface area contributed by atoms with Gasteiger partial charge in [0.15, 0.2) is 11.9 Å². The van der Waals surface area contributed by atoms with Gasteiger partial charge in [-0.05, 0) is 55.0 Å². The summed E-state index contributed by atoms with van der Waals surface area (Å²) in [4.78, 5) is 26.1. The number of alkyl halides is 2. The Morgan fingerprint density at radius 2 is 1.81 bits per heavy atom. The second-order valence-electron chi connectivity index (χ2n) is 9.34. The summed E-state index contributed by atoms with van der Waals surface area (Å²) in [5.41, 5.74) is 3.91. The first-order valence-electron chi connectivity index (χ1n) is 11.8. The van der Waals surface area contributed by atoms with Crippen molar-refractivity contribution >= 4 is 17.5 Å². The number of nitrogens with zero attached hydrogens (tertiary/aromatic N) is 3. The molecule has 1 aliphatic rings. The second kappa shape index (κ2) is 10.0. The maximum atomic E-state index is 13.8. The zero-order valence-electron chi connectivity index (χ0n) is 20.4. The molecule has 0 radical (unpaired) electrons. The van der Waals surface area contributed by atoms with Crippen molar-refractivity contribution in [2.45, 2.75) is 51.5 Å². The molecule has 2 heterocycles. The van der Waals surface area contributed by atoms with Crippen LogP contribution in [-0.4, -0.2) is 33.6 Å². The predicted octanol–water partition coefficient (Wildman–Crippen LogP) is 3.90. The molecule has 1 saturated carbocycles. The van der Waals surface area contributed by atoms with Crippen LogP contribution in [0.5, 0.6) is 0 Å². The quantitative estimate of drug-likeness (QED) is 0.398. The molecule has 8 nitrogen and oxygen atoms in total. The predicted molar refractivity (Wildman–Crippen MR) is 130 cm³/mol. The third-order valence-electron chi connectivity index (χ3n) is 6.84. The first kappa shape index (κ1) is 25.3. The van der Waals surface area contributed by atoms with Gasteiger partial charge in [-0.25, -0.2) is 8.78 Å². The van der Waals surface area contributed by atoms with E-state index in [-0.39, 0.29) is 31.4 Å². The highest BCUT2D eigenvalue weighted by atomic mass is 19.3. The Balaban J connectivity index is 1.53. The molecule has 36 heavy (non-hydrogen) atoms. The first-order chi connectivity index (χ1) is 17.1. The van der Waals surface area contributed by atoms with Crippen LogP contribution < -0.4 is 15.4 Å². The molecule has 0 aliphatic heterocycles. The third-order valence-corrected chi connectivity index (χ3v) is 6.84. The van der Waals surface area contributed by atoms with Gasteiger partial charge in [0.2, 0.25) is 11.8 Å². The van der Waals surface area contributed by atoms with E-state index in [0.717, 1.165) is 21.4 Å². The van der Waals surface area contributed by atoms with Crippen LogP contribution in [0, 0.1) is 25.0 Å². The van der Waals surface area contributed by atoms with Crippen molar-refractivity contribution in [2.24, 2.45) is 13.0 Å². The average Bonchev–Trinajstić information content (AvgIpc) is 3.27. The van der Waals surface area contributed by atoms with E-state index in [1.807, 2.05) is 6.92 Å². The van der Waals surface area contributed by atoms with Crippen molar-refractivity contribution in [1.29, 1.82) is 0 Å². The fraction of sp³-hybridized carbons (Fsp3) is 0.385. The van der Waals surface area contributed by atoms with Gasteiger partial charge in [-0.3, -0.25) is 14.3 Å². The van der Waals surface area contributed by atoms with E-state index in [4.69, 9.17) is 0 Å². The van der Waals surface area contributed by atoms with E-state index >= 15 is 0 Å². The van der Waals surface area contributed by atoms with Gasteiger partial charge in [-0.1, -0.05) is 12.1 Å². The SMILES string of the molecule is Cc1cc[n+]([O-])c(C)c1-c1ccc(NC(=O)[C@@H](NC(=O)c2ccnn2C)C2CCC(F)(F)CC2)cc1. The molecule has 2 N–H and O–H groups in total. The highest BCUT2D eigenvalue weighted by molar-refractivity contribution is 6.00. The molecule has 0 spiro atoms. The minimum Gasteiger partial charge on any atom is -0.618 e. The number of aryl methyl sites for hydroxylation is 2.